The van der Waals surface area contributed by atoms with Crippen molar-refractivity contribution in [1.82, 2.24) is 5.32 Å². The van der Waals surface area contributed by atoms with E-state index in [2.05, 4.69) is 42.6 Å². The van der Waals surface area contributed by atoms with Crippen LogP contribution in [0, 0.1) is 6.92 Å². The van der Waals surface area contributed by atoms with Crippen molar-refractivity contribution in [3.8, 4) is 11.5 Å². The molecule has 2 aromatic rings. The smallest absolute Gasteiger partial charge is 0.126 e. The second kappa shape index (κ2) is 5.78. The highest BCUT2D eigenvalue weighted by molar-refractivity contribution is 5.45. The second-order valence-corrected chi connectivity index (χ2v) is 5.44. The predicted molar refractivity (Wildman–Crippen MR) is 84.0 cm³/mol. The van der Waals surface area contributed by atoms with E-state index < -0.39 is 0 Å². The van der Waals surface area contributed by atoms with Crippen molar-refractivity contribution in [3.63, 3.8) is 0 Å². The Morgan fingerprint density at radius 3 is 2.67 bits per heavy atom. The Kier molecular flexibility index (Phi) is 3.84. The van der Waals surface area contributed by atoms with Gasteiger partial charge in [0.2, 0.25) is 0 Å². The van der Waals surface area contributed by atoms with Crippen molar-refractivity contribution in [2.24, 2.45) is 0 Å². The van der Waals surface area contributed by atoms with Gasteiger partial charge in [-0.2, -0.15) is 0 Å². The highest BCUT2D eigenvalue weighted by Crippen LogP contribution is 2.42. The van der Waals surface area contributed by atoms with Crippen LogP contribution < -0.4 is 14.8 Å². The molecule has 0 saturated heterocycles. The zero-order chi connectivity index (χ0) is 14.8. The molecule has 0 radical (unpaired) electrons. The van der Waals surface area contributed by atoms with Crippen molar-refractivity contribution < 1.29 is 9.47 Å². The largest absolute Gasteiger partial charge is 0.497 e. The number of rotatable bonds is 3. The van der Waals surface area contributed by atoms with E-state index in [4.69, 9.17) is 9.47 Å². The Hall–Kier alpha value is -2.00. The Labute approximate surface area is 125 Å². The first-order valence-electron chi connectivity index (χ1n) is 7.30. The molecule has 0 saturated carbocycles. The Balaban J connectivity index is 1.97. The Morgan fingerprint density at radius 2 is 1.95 bits per heavy atom. The molecule has 0 aromatic heterocycles. The minimum absolute atomic E-state index is 0.0875. The average Bonchev–Trinajstić information content (AvgIpc) is 2.53. The summed E-state index contributed by atoms with van der Waals surface area (Å²) in [4.78, 5) is 0. The lowest BCUT2D eigenvalue weighted by atomic mass is 9.91. The number of hydrogen-bond donors (Lipinski definition) is 1. The van der Waals surface area contributed by atoms with Crippen LogP contribution in [0.4, 0.5) is 0 Å². The van der Waals surface area contributed by atoms with Crippen LogP contribution in [0.25, 0.3) is 0 Å². The summed E-state index contributed by atoms with van der Waals surface area (Å²) in [7, 11) is 3.68. The van der Waals surface area contributed by atoms with Gasteiger partial charge in [-0.1, -0.05) is 24.3 Å². The van der Waals surface area contributed by atoms with Crippen molar-refractivity contribution in [2.45, 2.75) is 25.5 Å². The first-order valence-corrected chi connectivity index (χ1v) is 7.30. The Morgan fingerprint density at radius 1 is 1.14 bits per heavy atom. The first-order chi connectivity index (χ1) is 10.2. The van der Waals surface area contributed by atoms with E-state index in [9.17, 15) is 0 Å². The number of methoxy groups -OCH3 is 1. The third-order valence-electron chi connectivity index (χ3n) is 4.20. The first kappa shape index (κ1) is 14.0. The van der Waals surface area contributed by atoms with Gasteiger partial charge in [-0.3, -0.25) is 0 Å². The highest BCUT2D eigenvalue weighted by Gasteiger charge is 2.29. The third-order valence-corrected chi connectivity index (χ3v) is 4.20. The molecule has 21 heavy (non-hydrogen) atoms. The molecule has 3 rings (SSSR count). The summed E-state index contributed by atoms with van der Waals surface area (Å²) < 4.78 is 11.6. The lowest BCUT2D eigenvalue weighted by Gasteiger charge is -2.33. The number of fused-ring (bicyclic) bond motifs is 1. The maximum absolute atomic E-state index is 6.23. The van der Waals surface area contributed by atoms with E-state index in [0.717, 1.165) is 17.9 Å². The molecule has 0 aliphatic carbocycles. The number of nitrogens with one attached hydrogen (secondary N) is 1. The Bertz CT molecular complexity index is 639. The standard InChI is InChI=1S/C18H21NO2/c1-12-6-4-5-7-14(12)18-11-16(19-2)15-10-13(20-3)8-9-17(15)21-18/h4-10,16,18-19H,11H2,1-3H3. The fourth-order valence-electron chi connectivity index (χ4n) is 2.99. The molecular formula is C18H21NO2. The van der Waals surface area contributed by atoms with Gasteiger partial charge in [0.1, 0.15) is 17.6 Å². The minimum Gasteiger partial charge on any atom is -0.497 e. The summed E-state index contributed by atoms with van der Waals surface area (Å²) in [5, 5.41) is 3.40. The van der Waals surface area contributed by atoms with Gasteiger partial charge in [0.15, 0.2) is 0 Å². The van der Waals surface area contributed by atoms with E-state index >= 15 is 0 Å². The average molecular weight is 283 g/mol. The van der Waals surface area contributed by atoms with Crippen molar-refractivity contribution in [2.75, 3.05) is 14.2 Å². The predicted octanol–water partition coefficient (Wildman–Crippen LogP) is 3.79. The quantitative estimate of drug-likeness (QED) is 0.929. The van der Waals surface area contributed by atoms with E-state index in [1.807, 2.05) is 19.2 Å². The maximum atomic E-state index is 6.23. The van der Waals surface area contributed by atoms with E-state index in [-0.39, 0.29) is 12.1 Å². The molecule has 110 valence electrons. The van der Waals surface area contributed by atoms with Gasteiger partial charge in [0.25, 0.3) is 0 Å². The van der Waals surface area contributed by atoms with Crippen LogP contribution in [-0.2, 0) is 0 Å². The molecule has 1 heterocycles. The van der Waals surface area contributed by atoms with Gasteiger partial charge in [0, 0.05) is 18.0 Å². The summed E-state index contributed by atoms with van der Waals surface area (Å²) >= 11 is 0. The number of hydrogen-bond acceptors (Lipinski definition) is 3. The van der Waals surface area contributed by atoms with E-state index in [1.165, 1.54) is 16.7 Å². The number of benzene rings is 2. The summed E-state index contributed by atoms with van der Waals surface area (Å²) in [6.45, 7) is 2.14. The SMILES string of the molecule is CNC1CC(c2ccccc2C)Oc2ccc(OC)cc21. The van der Waals surface area contributed by atoms with Gasteiger partial charge >= 0.3 is 0 Å². The van der Waals surface area contributed by atoms with Crippen molar-refractivity contribution in [3.05, 3.63) is 59.2 Å². The molecule has 1 aliphatic rings. The van der Waals surface area contributed by atoms with Crippen LogP contribution in [0.3, 0.4) is 0 Å². The highest BCUT2D eigenvalue weighted by atomic mass is 16.5. The fourth-order valence-corrected chi connectivity index (χ4v) is 2.99. The molecule has 2 aromatic carbocycles. The lowest BCUT2D eigenvalue weighted by Crippen LogP contribution is -2.27. The molecule has 2 unspecified atom stereocenters. The van der Waals surface area contributed by atoms with E-state index in [0.29, 0.717) is 0 Å². The number of ether oxygens (including phenoxy) is 2. The molecular weight excluding hydrogens is 262 g/mol. The van der Waals surface area contributed by atoms with Crippen molar-refractivity contribution >= 4 is 0 Å². The topological polar surface area (TPSA) is 30.5 Å². The molecule has 0 spiro atoms. The van der Waals surface area contributed by atoms with E-state index in [1.54, 1.807) is 7.11 Å². The van der Waals surface area contributed by atoms with Gasteiger partial charge in [-0.15, -0.1) is 0 Å². The van der Waals surface area contributed by atoms with Gasteiger partial charge in [-0.25, -0.2) is 0 Å². The van der Waals surface area contributed by atoms with Crippen LogP contribution in [0.2, 0.25) is 0 Å². The molecule has 0 fully saturated rings. The summed E-state index contributed by atoms with van der Waals surface area (Å²) in [6, 6.07) is 14.7. The monoisotopic (exact) mass is 283 g/mol. The third kappa shape index (κ3) is 2.61. The number of aryl methyl sites for hydroxylation is 1. The molecule has 2 atom stereocenters. The molecule has 1 aliphatic heterocycles. The normalized spacial score (nSPS) is 20.5. The van der Waals surface area contributed by atoms with Crippen LogP contribution in [0.5, 0.6) is 11.5 Å². The van der Waals surface area contributed by atoms with Gasteiger partial charge in [0.05, 0.1) is 7.11 Å². The van der Waals surface area contributed by atoms with Crippen molar-refractivity contribution in [1.29, 1.82) is 0 Å². The zero-order valence-corrected chi connectivity index (χ0v) is 12.7. The summed E-state index contributed by atoms with van der Waals surface area (Å²) in [5.74, 6) is 1.81. The molecule has 0 amide bonds. The molecule has 1 N–H and O–H groups in total. The fraction of sp³-hybridized carbons (Fsp3) is 0.333. The van der Waals surface area contributed by atoms with Crippen LogP contribution in [0.1, 0.15) is 35.3 Å². The zero-order valence-electron chi connectivity index (χ0n) is 12.7. The molecule has 3 nitrogen and oxygen atoms in total. The maximum Gasteiger partial charge on any atom is 0.126 e. The van der Waals surface area contributed by atoms with Crippen LogP contribution >= 0.6 is 0 Å². The van der Waals surface area contributed by atoms with Crippen LogP contribution in [0.15, 0.2) is 42.5 Å². The van der Waals surface area contributed by atoms with Crippen LogP contribution in [-0.4, -0.2) is 14.2 Å². The summed E-state index contributed by atoms with van der Waals surface area (Å²) in [6.07, 6.45) is 1.01. The van der Waals surface area contributed by atoms with Gasteiger partial charge < -0.3 is 14.8 Å². The minimum atomic E-state index is 0.0875. The second-order valence-electron chi connectivity index (χ2n) is 5.44. The summed E-state index contributed by atoms with van der Waals surface area (Å²) in [5.41, 5.74) is 3.70. The molecule has 0 bridgehead atoms. The lowest BCUT2D eigenvalue weighted by molar-refractivity contribution is 0.153. The van der Waals surface area contributed by atoms with Gasteiger partial charge in [-0.05, 0) is 43.3 Å². The molecule has 3 heteroatoms.